The molecule has 2 rings (SSSR count). The summed E-state index contributed by atoms with van der Waals surface area (Å²) >= 11 is 0. The summed E-state index contributed by atoms with van der Waals surface area (Å²) in [5.74, 6) is 0. The lowest BCUT2D eigenvalue weighted by Crippen LogP contribution is -2.30. The van der Waals surface area contributed by atoms with Crippen molar-refractivity contribution in [1.29, 1.82) is 0 Å². The van der Waals surface area contributed by atoms with Crippen LogP contribution in [0.1, 0.15) is 11.1 Å². The third-order valence-corrected chi connectivity index (χ3v) is 2.76. The van der Waals surface area contributed by atoms with Gasteiger partial charge in [0.2, 0.25) is 0 Å². The van der Waals surface area contributed by atoms with Crippen molar-refractivity contribution in [2.24, 2.45) is 5.10 Å². The van der Waals surface area contributed by atoms with Crippen LogP contribution >= 0.6 is 0 Å². The number of hydrazone groups is 1. The molecule has 0 saturated carbocycles. The molecule has 0 saturated heterocycles. The Morgan fingerprint density at radius 3 is 2.47 bits per heavy atom. The number of hydrogen-bond acceptors (Lipinski definition) is 4. The van der Waals surface area contributed by atoms with Crippen molar-refractivity contribution in [3.8, 4) is 0 Å². The Balaban J connectivity index is 2.07. The predicted molar refractivity (Wildman–Crippen MR) is 78.7 cm³/mol. The SMILES string of the molecule is Cc1cc(B(O)O)ccc1C=NNc1ccccc1. The molecule has 5 heteroatoms. The molecule has 0 fully saturated rings. The molecule has 0 bridgehead atoms. The van der Waals surface area contributed by atoms with E-state index >= 15 is 0 Å². The summed E-state index contributed by atoms with van der Waals surface area (Å²) in [5, 5.41) is 22.3. The monoisotopic (exact) mass is 254 g/mol. The van der Waals surface area contributed by atoms with Crippen molar-refractivity contribution < 1.29 is 10.0 Å². The lowest BCUT2D eigenvalue weighted by molar-refractivity contribution is 0.425. The van der Waals surface area contributed by atoms with Gasteiger partial charge in [0.15, 0.2) is 0 Å². The van der Waals surface area contributed by atoms with Crippen LogP contribution in [0.4, 0.5) is 5.69 Å². The Labute approximate surface area is 112 Å². The highest BCUT2D eigenvalue weighted by Crippen LogP contribution is 2.06. The average molecular weight is 254 g/mol. The maximum absolute atomic E-state index is 9.07. The second-order valence-corrected chi connectivity index (χ2v) is 4.23. The van der Waals surface area contributed by atoms with Crippen molar-refractivity contribution in [3.05, 3.63) is 59.7 Å². The minimum atomic E-state index is -1.44. The number of para-hydroxylation sites is 1. The molecule has 19 heavy (non-hydrogen) atoms. The van der Waals surface area contributed by atoms with Gasteiger partial charge in [0, 0.05) is 0 Å². The average Bonchev–Trinajstić information content (AvgIpc) is 2.41. The van der Waals surface area contributed by atoms with Gasteiger partial charge >= 0.3 is 7.12 Å². The first kappa shape index (κ1) is 13.3. The highest BCUT2D eigenvalue weighted by atomic mass is 16.4. The number of rotatable bonds is 4. The van der Waals surface area contributed by atoms with Crippen LogP contribution in [0, 0.1) is 6.92 Å². The van der Waals surface area contributed by atoms with Gasteiger partial charge in [0.05, 0.1) is 11.9 Å². The Bertz CT molecular complexity index is 571. The van der Waals surface area contributed by atoms with E-state index in [-0.39, 0.29) is 0 Å². The van der Waals surface area contributed by atoms with Crippen molar-refractivity contribution >= 4 is 24.5 Å². The van der Waals surface area contributed by atoms with E-state index in [1.807, 2.05) is 37.3 Å². The molecule has 0 radical (unpaired) electrons. The molecule has 0 spiro atoms. The summed E-state index contributed by atoms with van der Waals surface area (Å²) in [6, 6.07) is 14.9. The standard InChI is InChI=1S/C14H15BN2O2/c1-11-9-13(15(18)19)8-7-12(11)10-16-17-14-5-3-2-4-6-14/h2-10,17-19H,1H3. The van der Waals surface area contributed by atoms with E-state index in [0.717, 1.165) is 16.8 Å². The third kappa shape index (κ3) is 3.68. The van der Waals surface area contributed by atoms with Crippen LogP contribution in [0.5, 0.6) is 0 Å². The number of aryl methyl sites for hydroxylation is 1. The second-order valence-electron chi connectivity index (χ2n) is 4.23. The van der Waals surface area contributed by atoms with E-state index in [9.17, 15) is 0 Å². The number of anilines is 1. The fourth-order valence-electron chi connectivity index (χ4n) is 1.69. The highest BCUT2D eigenvalue weighted by molar-refractivity contribution is 6.58. The largest absolute Gasteiger partial charge is 0.488 e. The number of nitrogens with one attached hydrogen (secondary N) is 1. The first-order valence-electron chi connectivity index (χ1n) is 5.97. The number of nitrogens with zero attached hydrogens (tertiary/aromatic N) is 1. The molecule has 96 valence electrons. The lowest BCUT2D eigenvalue weighted by Gasteiger charge is -2.04. The zero-order valence-corrected chi connectivity index (χ0v) is 10.6. The summed E-state index contributed by atoms with van der Waals surface area (Å²) in [6.45, 7) is 1.90. The van der Waals surface area contributed by atoms with Gasteiger partial charge in [0.25, 0.3) is 0 Å². The van der Waals surface area contributed by atoms with E-state index in [0.29, 0.717) is 5.46 Å². The van der Waals surface area contributed by atoms with E-state index in [2.05, 4.69) is 10.5 Å². The number of hydrogen-bond donors (Lipinski definition) is 3. The van der Waals surface area contributed by atoms with E-state index in [1.54, 1.807) is 24.4 Å². The molecule has 0 heterocycles. The van der Waals surface area contributed by atoms with Crippen LogP contribution in [-0.4, -0.2) is 23.4 Å². The van der Waals surface area contributed by atoms with Gasteiger partial charge in [-0.15, -0.1) is 0 Å². The fourth-order valence-corrected chi connectivity index (χ4v) is 1.69. The molecular formula is C14H15BN2O2. The van der Waals surface area contributed by atoms with Crippen LogP contribution in [0.3, 0.4) is 0 Å². The highest BCUT2D eigenvalue weighted by Gasteiger charge is 2.11. The molecule has 0 amide bonds. The molecule has 0 aromatic heterocycles. The molecule has 0 aliphatic rings. The third-order valence-electron chi connectivity index (χ3n) is 2.76. The van der Waals surface area contributed by atoms with Gasteiger partial charge in [-0.05, 0) is 35.6 Å². The Morgan fingerprint density at radius 2 is 1.84 bits per heavy atom. The van der Waals surface area contributed by atoms with E-state index in [4.69, 9.17) is 10.0 Å². The molecule has 2 aromatic carbocycles. The normalized spacial score (nSPS) is 10.7. The van der Waals surface area contributed by atoms with Gasteiger partial charge in [0.1, 0.15) is 0 Å². The van der Waals surface area contributed by atoms with Crippen LogP contribution in [-0.2, 0) is 0 Å². The van der Waals surface area contributed by atoms with Crippen molar-refractivity contribution in [3.63, 3.8) is 0 Å². The summed E-state index contributed by atoms with van der Waals surface area (Å²) in [7, 11) is -1.44. The zero-order chi connectivity index (χ0) is 13.7. The van der Waals surface area contributed by atoms with E-state index in [1.165, 1.54) is 0 Å². The molecule has 0 aliphatic carbocycles. The first-order valence-corrected chi connectivity index (χ1v) is 5.97. The first-order chi connectivity index (χ1) is 9.16. The Hall–Kier alpha value is -2.11. The maximum atomic E-state index is 9.07. The van der Waals surface area contributed by atoms with Crippen molar-refractivity contribution in [2.75, 3.05) is 5.43 Å². The molecule has 3 N–H and O–H groups in total. The molecule has 0 aliphatic heterocycles. The molecule has 2 aromatic rings. The van der Waals surface area contributed by atoms with Crippen LogP contribution in [0.25, 0.3) is 0 Å². The van der Waals surface area contributed by atoms with Gasteiger partial charge in [-0.2, -0.15) is 5.10 Å². The van der Waals surface area contributed by atoms with Crippen molar-refractivity contribution in [2.45, 2.75) is 6.92 Å². The second kappa shape index (κ2) is 6.18. The summed E-state index contributed by atoms with van der Waals surface area (Å²) in [4.78, 5) is 0. The smallest absolute Gasteiger partial charge is 0.423 e. The minimum Gasteiger partial charge on any atom is -0.423 e. The quantitative estimate of drug-likeness (QED) is 0.435. The van der Waals surface area contributed by atoms with Gasteiger partial charge in [-0.25, -0.2) is 0 Å². The van der Waals surface area contributed by atoms with Crippen LogP contribution in [0.15, 0.2) is 53.6 Å². The summed E-state index contributed by atoms with van der Waals surface area (Å²) < 4.78 is 0. The zero-order valence-electron chi connectivity index (χ0n) is 10.6. The molecule has 0 atom stereocenters. The van der Waals surface area contributed by atoms with Gasteiger partial charge in [-0.3, -0.25) is 5.43 Å². The fraction of sp³-hybridized carbons (Fsp3) is 0.0714. The lowest BCUT2D eigenvalue weighted by atomic mass is 9.79. The Morgan fingerprint density at radius 1 is 1.11 bits per heavy atom. The summed E-state index contributed by atoms with van der Waals surface area (Å²) in [5.41, 5.74) is 6.18. The summed E-state index contributed by atoms with van der Waals surface area (Å²) in [6.07, 6.45) is 1.70. The predicted octanol–water partition coefficient (Wildman–Crippen LogP) is 1.12. The molecule has 4 nitrogen and oxygen atoms in total. The van der Waals surface area contributed by atoms with Crippen LogP contribution in [0.2, 0.25) is 0 Å². The molecule has 0 unspecified atom stereocenters. The van der Waals surface area contributed by atoms with Gasteiger partial charge in [-0.1, -0.05) is 36.4 Å². The van der Waals surface area contributed by atoms with Crippen LogP contribution < -0.4 is 10.9 Å². The maximum Gasteiger partial charge on any atom is 0.488 e. The van der Waals surface area contributed by atoms with Crippen molar-refractivity contribution in [1.82, 2.24) is 0 Å². The topological polar surface area (TPSA) is 64.8 Å². The molecular weight excluding hydrogens is 239 g/mol. The Kier molecular flexibility index (Phi) is 4.33. The minimum absolute atomic E-state index is 0.477. The van der Waals surface area contributed by atoms with Gasteiger partial charge < -0.3 is 10.0 Å². The van der Waals surface area contributed by atoms with E-state index < -0.39 is 7.12 Å². The number of benzene rings is 2.